The first-order valence-electron chi connectivity index (χ1n) is 10.3. The lowest BCUT2D eigenvalue weighted by molar-refractivity contribution is -0.132. The Balaban J connectivity index is 1.18. The minimum Gasteiger partial charge on any atom is -0.469 e. The predicted molar refractivity (Wildman–Crippen MR) is 108 cm³/mol. The van der Waals surface area contributed by atoms with Gasteiger partial charge in [0.2, 0.25) is 5.91 Å². The van der Waals surface area contributed by atoms with Gasteiger partial charge < -0.3 is 14.2 Å². The van der Waals surface area contributed by atoms with Crippen molar-refractivity contribution >= 4 is 17.5 Å². The van der Waals surface area contributed by atoms with Crippen molar-refractivity contribution in [2.24, 2.45) is 5.92 Å². The second-order valence-corrected chi connectivity index (χ2v) is 7.60. The Morgan fingerprint density at radius 2 is 1.83 bits per heavy atom. The van der Waals surface area contributed by atoms with E-state index in [1.807, 2.05) is 29.2 Å². The zero-order valence-electron chi connectivity index (χ0n) is 16.5. The van der Waals surface area contributed by atoms with E-state index in [0.717, 1.165) is 63.3 Å². The van der Waals surface area contributed by atoms with Gasteiger partial charge >= 0.3 is 0 Å². The number of nitrogens with zero attached hydrogens (tertiary/aromatic N) is 2. The van der Waals surface area contributed by atoms with Crippen LogP contribution < -0.4 is 10.4 Å². The van der Waals surface area contributed by atoms with Crippen molar-refractivity contribution in [3.8, 4) is 0 Å². The highest BCUT2D eigenvalue weighted by Gasteiger charge is 2.34. The van der Waals surface area contributed by atoms with Crippen LogP contribution in [0.2, 0.25) is 0 Å². The van der Waals surface area contributed by atoms with Crippen LogP contribution in [0, 0.1) is 5.92 Å². The van der Waals surface area contributed by atoms with Crippen LogP contribution in [0.4, 0.5) is 5.69 Å². The Labute approximate surface area is 170 Å². The molecule has 4 rings (SSSR count). The summed E-state index contributed by atoms with van der Waals surface area (Å²) in [6, 6.07) is 11.3. The van der Waals surface area contributed by atoms with E-state index in [9.17, 15) is 9.59 Å². The van der Waals surface area contributed by atoms with Crippen molar-refractivity contribution in [3.05, 3.63) is 54.0 Å². The first kappa shape index (κ1) is 19.5. The molecule has 0 spiro atoms. The first-order valence-corrected chi connectivity index (χ1v) is 10.3. The average Bonchev–Trinajstić information content (AvgIpc) is 3.49. The van der Waals surface area contributed by atoms with Crippen molar-refractivity contribution < 1.29 is 18.8 Å². The highest BCUT2D eigenvalue weighted by Crippen LogP contribution is 2.31. The SMILES string of the molecule is O=C(NOCCCc1ccco1)c1ccc(N2CCN(C(=O)C3CC3)CC2)cc1. The van der Waals surface area contributed by atoms with E-state index in [-0.39, 0.29) is 11.8 Å². The molecular weight excluding hydrogens is 370 g/mol. The van der Waals surface area contributed by atoms with Crippen LogP contribution in [0.5, 0.6) is 0 Å². The molecule has 2 fully saturated rings. The van der Waals surface area contributed by atoms with Crippen LogP contribution in [0.3, 0.4) is 0 Å². The van der Waals surface area contributed by atoms with Crippen molar-refractivity contribution in [2.45, 2.75) is 25.7 Å². The molecule has 0 atom stereocenters. The molecule has 1 aromatic carbocycles. The van der Waals surface area contributed by atoms with E-state index in [2.05, 4.69) is 10.4 Å². The maximum atomic E-state index is 12.2. The molecule has 2 heterocycles. The summed E-state index contributed by atoms with van der Waals surface area (Å²) < 4.78 is 5.26. The molecule has 154 valence electrons. The van der Waals surface area contributed by atoms with Crippen LogP contribution in [0.25, 0.3) is 0 Å². The fourth-order valence-electron chi connectivity index (χ4n) is 3.55. The summed E-state index contributed by atoms with van der Waals surface area (Å²) in [6.07, 6.45) is 5.29. The Kier molecular flexibility index (Phi) is 6.14. The minimum absolute atomic E-state index is 0.255. The summed E-state index contributed by atoms with van der Waals surface area (Å²) in [6.45, 7) is 3.60. The van der Waals surface area contributed by atoms with E-state index >= 15 is 0 Å². The standard InChI is InChI=1S/C22H27N3O4/c26-21(23-29-16-2-4-20-3-1-15-28-20)17-7-9-19(10-8-17)24-11-13-25(14-12-24)22(27)18-5-6-18/h1,3,7-10,15,18H,2,4-6,11-14,16H2,(H,23,26). The molecule has 1 saturated heterocycles. The largest absolute Gasteiger partial charge is 0.469 e. The van der Waals surface area contributed by atoms with Gasteiger partial charge in [-0.05, 0) is 55.7 Å². The maximum Gasteiger partial charge on any atom is 0.274 e. The number of rotatable bonds is 8. The zero-order chi connectivity index (χ0) is 20.1. The molecule has 2 aromatic rings. The summed E-state index contributed by atoms with van der Waals surface area (Å²) in [4.78, 5) is 33.9. The number of piperazine rings is 1. The molecule has 1 N–H and O–H groups in total. The second kappa shape index (κ2) is 9.13. The van der Waals surface area contributed by atoms with Crippen molar-refractivity contribution in [1.29, 1.82) is 0 Å². The normalized spacial score (nSPS) is 16.7. The van der Waals surface area contributed by atoms with Gasteiger partial charge in [0.15, 0.2) is 0 Å². The lowest BCUT2D eigenvalue weighted by atomic mass is 10.1. The van der Waals surface area contributed by atoms with Gasteiger partial charge in [0.05, 0.1) is 12.9 Å². The number of amides is 2. The van der Waals surface area contributed by atoms with Crippen LogP contribution in [-0.2, 0) is 16.1 Å². The highest BCUT2D eigenvalue weighted by molar-refractivity contribution is 5.93. The van der Waals surface area contributed by atoms with Gasteiger partial charge in [-0.1, -0.05) is 0 Å². The highest BCUT2D eigenvalue weighted by atomic mass is 16.6. The molecule has 0 bridgehead atoms. The van der Waals surface area contributed by atoms with Gasteiger partial charge in [-0.15, -0.1) is 0 Å². The molecule has 0 unspecified atom stereocenters. The number of aryl methyl sites for hydroxylation is 1. The number of hydrogen-bond acceptors (Lipinski definition) is 5. The van der Waals surface area contributed by atoms with Gasteiger partial charge in [0.25, 0.3) is 5.91 Å². The number of hydrogen-bond donors (Lipinski definition) is 1. The molecule has 1 aliphatic heterocycles. The van der Waals surface area contributed by atoms with Crippen LogP contribution in [0.15, 0.2) is 47.1 Å². The van der Waals surface area contributed by atoms with E-state index in [0.29, 0.717) is 18.1 Å². The van der Waals surface area contributed by atoms with Gasteiger partial charge in [0.1, 0.15) is 5.76 Å². The quantitative estimate of drug-likeness (QED) is 0.548. The molecule has 7 heteroatoms. The molecule has 2 aliphatic rings. The van der Waals surface area contributed by atoms with E-state index in [4.69, 9.17) is 9.25 Å². The van der Waals surface area contributed by atoms with Crippen molar-refractivity contribution in [1.82, 2.24) is 10.4 Å². The smallest absolute Gasteiger partial charge is 0.274 e. The first-order chi connectivity index (χ1) is 14.2. The minimum atomic E-state index is -0.255. The summed E-state index contributed by atoms with van der Waals surface area (Å²) in [5, 5.41) is 0. The Morgan fingerprint density at radius 1 is 1.07 bits per heavy atom. The molecule has 29 heavy (non-hydrogen) atoms. The number of furan rings is 1. The molecule has 1 aliphatic carbocycles. The van der Waals surface area contributed by atoms with Gasteiger partial charge in [0, 0.05) is 49.8 Å². The lowest BCUT2D eigenvalue weighted by Gasteiger charge is -2.36. The third kappa shape index (κ3) is 5.17. The van der Waals surface area contributed by atoms with Gasteiger partial charge in [-0.2, -0.15) is 0 Å². The number of carbonyl (C=O) groups is 2. The topological polar surface area (TPSA) is 75.0 Å². The fourth-order valence-corrected chi connectivity index (χ4v) is 3.55. The number of anilines is 1. The van der Waals surface area contributed by atoms with Crippen LogP contribution >= 0.6 is 0 Å². The Morgan fingerprint density at radius 3 is 2.48 bits per heavy atom. The molecular formula is C22H27N3O4. The zero-order valence-corrected chi connectivity index (χ0v) is 16.5. The molecule has 1 aromatic heterocycles. The van der Waals surface area contributed by atoms with Gasteiger partial charge in [-0.25, -0.2) is 5.48 Å². The maximum absolute atomic E-state index is 12.2. The number of hydroxylamine groups is 1. The summed E-state index contributed by atoms with van der Waals surface area (Å²) >= 11 is 0. The number of benzene rings is 1. The molecule has 0 radical (unpaired) electrons. The Hall–Kier alpha value is -2.80. The van der Waals surface area contributed by atoms with Crippen LogP contribution in [0.1, 0.15) is 35.4 Å². The summed E-state index contributed by atoms with van der Waals surface area (Å²) in [7, 11) is 0. The predicted octanol–water partition coefficient (Wildman–Crippen LogP) is 2.63. The summed E-state index contributed by atoms with van der Waals surface area (Å²) in [5.41, 5.74) is 4.11. The van der Waals surface area contributed by atoms with Gasteiger partial charge in [-0.3, -0.25) is 14.4 Å². The Bertz CT molecular complexity index is 807. The molecule has 2 amide bonds. The average molecular weight is 397 g/mol. The molecule has 7 nitrogen and oxygen atoms in total. The summed E-state index contributed by atoms with van der Waals surface area (Å²) in [5.74, 6) is 1.26. The fraction of sp³-hybridized carbons (Fsp3) is 0.455. The van der Waals surface area contributed by atoms with E-state index in [1.54, 1.807) is 18.4 Å². The number of carbonyl (C=O) groups excluding carboxylic acids is 2. The lowest BCUT2D eigenvalue weighted by Crippen LogP contribution is -2.49. The molecule has 1 saturated carbocycles. The third-order valence-corrected chi connectivity index (χ3v) is 5.43. The van der Waals surface area contributed by atoms with E-state index < -0.39 is 0 Å². The monoisotopic (exact) mass is 397 g/mol. The van der Waals surface area contributed by atoms with E-state index in [1.165, 1.54) is 0 Å². The third-order valence-electron chi connectivity index (χ3n) is 5.43. The number of nitrogens with one attached hydrogen (secondary N) is 1. The van der Waals surface area contributed by atoms with Crippen molar-refractivity contribution in [2.75, 3.05) is 37.7 Å². The van der Waals surface area contributed by atoms with Crippen molar-refractivity contribution in [3.63, 3.8) is 0 Å². The second-order valence-electron chi connectivity index (χ2n) is 7.60. The van der Waals surface area contributed by atoms with Crippen LogP contribution in [-0.4, -0.2) is 49.5 Å².